The Bertz CT molecular complexity index is 1040. The van der Waals surface area contributed by atoms with Gasteiger partial charge >= 0.3 is 0 Å². The van der Waals surface area contributed by atoms with Crippen LogP contribution in [0.4, 0.5) is 0 Å². The predicted octanol–water partition coefficient (Wildman–Crippen LogP) is 1.85. The lowest BCUT2D eigenvalue weighted by atomic mass is 9.96. The number of imidazole rings is 1. The van der Waals surface area contributed by atoms with E-state index in [1.807, 2.05) is 18.2 Å². The minimum atomic E-state index is -3.64. The fourth-order valence-electron chi connectivity index (χ4n) is 3.88. The molecule has 0 radical (unpaired) electrons. The highest BCUT2D eigenvalue weighted by Crippen LogP contribution is 2.28. The smallest absolute Gasteiger partial charge is 0.262 e. The van der Waals surface area contributed by atoms with Gasteiger partial charge in [0.1, 0.15) is 5.82 Å². The molecule has 1 aromatic carbocycles. The monoisotopic (exact) mass is 464 g/mol. The predicted molar refractivity (Wildman–Crippen MR) is 120 cm³/mol. The van der Waals surface area contributed by atoms with E-state index in [9.17, 15) is 13.2 Å². The van der Waals surface area contributed by atoms with Gasteiger partial charge in [0.2, 0.25) is 5.91 Å². The molecule has 0 N–H and O–H groups in total. The largest absolute Gasteiger partial charge is 0.493 e. The Morgan fingerprint density at radius 3 is 2.41 bits per heavy atom. The molecule has 0 bridgehead atoms. The topological polar surface area (TPSA) is 94.0 Å². The molecule has 0 aliphatic carbocycles. The van der Waals surface area contributed by atoms with Gasteiger partial charge in [0.25, 0.3) is 10.0 Å². The van der Waals surface area contributed by atoms with Gasteiger partial charge in [0.15, 0.2) is 16.5 Å². The number of aromatic nitrogens is 2. The zero-order valence-electron chi connectivity index (χ0n) is 19.4. The quantitative estimate of drug-likeness (QED) is 0.592. The first-order valence-corrected chi connectivity index (χ1v) is 12.1. The summed E-state index contributed by atoms with van der Waals surface area (Å²) in [7, 11) is 3.12. The maximum absolute atomic E-state index is 12.9. The van der Waals surface area contributed by atoms with Crippen LogP contribution in [0.25, 0.3) is 0 Å². The lowest BCUT2D eigenvalue weighted by molar-refractivity contribution is -0.135. The van der Waals surface area contributed by atoms with Gasteiger partial charge in [-0.25, -0.2) is 13.4 Å². The van der Waals surface area contributed by atoms with Crippen molar-refractivity contribution in [3.63, 3.8) is 0 Å². The van der Waals surface area contributed by atoms with E-state index in [4.69, 9.17) is 9.47 Å². The van der Waals surface area contributed by atoms with Crippen molar-refractivity contribution < 1.29 is 22.7 Å². The molecule has 1 aromatic heterocycles. The van der Waals surface area contributed by atoms with Gasteiger partial charge in [-0.1, -0.05) is 6.07 Å². The minimum absolute atomic E-state index is 0.0520. The summed E-state index contributed by atoms with van der Waals surface area (Å²) < 4.78 is 39.4. The molecule has 0 saturated carbocycles. The van der Waals surface area contributed by atoms with Crippen molar-refractivity contribution in [2.75, 3.05) is 40.9 Å². The highest BCUT2D eigenvalue weighted by molar-refractivity contribution is 7.89. The van der Waals surface area contributed by atoms with E-state index in [-0.39, 0.29) is 16.9 Å². The number of benzene rings is 1. The molecule has 2 heterocycles. The van der Waals surface area contributed by atoms with E-state index < -0.39 is 10.0 Å². The number of aryl methyl sites for hydroxylation is 2. The first-order valence-electron chi connectivity index (χ1n) is 10.6. The van der Waals surface area contributed by atoms with Gasteiger partial charge in [0, 0.05) is 45.8 Å². The molecule has 0 spiro atoms. The van der Waals surface area contributed by atoms with E-state index in [1.54, 1.807) is 44.7 Å². The van der Waals surface area contributed by atoms with Crippen molar-refractivity contribution in [1.82, 2.24) is 18.8 Å². The van der Waals surface area contributed by atoms with Crippen LogP contribution in [-0.4, -0.2) is 74.0 Å². The molecule has 32 heavy (non-hydrogen) atoms. The average Bonchev–Trinajstić information content (AvgIpc) is 3.15. The summed E-state index contributed by atoms with van der Waals surface area (Å²) in [6, 6.07) is 5.73. The van der Waals surface area contributed by atoms with Crippen LogP contribution < -0.4 is 9.47 Å². The van der Waals surface area contributed by atoms with Crippen LogP contribution in [0, 0.1) is 12.8 Å². The third kappa shape index (κ3) is 5.07. The molecule has 3 rings (SSSR count). The molecular weight excluding hydrogens is 432 g/mol. The Hall–Kier alpha value is -2.59. The summed E-state index contributed by atoms with van der Waals surface area (Å²) in [5, 5.41) is 0.0642. The molecule has 1 aliphatic heterocycles. The highest BCUT2D eigenvalue weighted by atomic mass is 32.2. The number of likely N-dealkylation sites (N-methyl/N-ethyl adjacent to an activating group) is 1. The Morgan fingerprint density at radius 2 is 1.84 bits per heavy atom. The van der Waals surface area contributed by atoms with Crippen molar-refractivity contribution in [2.45, 2.75) is 31.2 Å². The van der Waals surface area contributed by atoms with Gasteiger partial charge in [0.05, 0.1) is 14.2 Å². The van der Waals surface area contributed by atoms with Crippen LogP contribution in [-0.2, 0) is 28.3 Å². The average molecular weight is 465 g/mol. The molecule has 176 valence electrons. The standard InChI is InChI=1S/C22H32N4O5S/c1-16-23-21(15-25(16)3)32(28,29)26-12-9-18(10-13-26)22(27)24(2)11-8-17-6-7-19(30-4)20(14-17)31-5/h6-7,14-15,18H,8-13H2,1-5H3. The molecule has 1 saturated heterocycles. The van der Waals surface area contributed by atoms with Crippen molar-refractivity contribution in [3.05, 3.63) is 35.8 Å². The van der Waals surface area contributed by atoms with Crippen molar-refractivity contribution >= 4 is 15.9 Å². The fraction of sp³-hybridized carbons (Fsp3) is 0.545. The number of piperidine rings is 1. The van der Waals surface area contributed by atoms with Crippen LogP contribution in [0.2, 0.25) is 0 Å². The summed E-state index contributed by atoms with van der Waals surface area (Å²) in [4.78, 5) is 18.8. The molecule has 0 atom stereocenters. The highest BCUT2D eigenvalue weighted by Gasteiger charge is 2.34. The lowest BCUT2D eigenvalue weighted by Crippen LogP contribution is -2.43. The third-order valence-electron chi connectivity index (χ3n) is 6.05. The van der Waals surface area contributed by atoms with E-state index in [0.717, 1.165) is 5.56 Å². The van der Waals surface area contributed by atoms with Gasteiger partial charge in [-0.3, -0.25) is 4.79 Å². The molecular formula is C22H32N4O5S. The lowest BCUT2D eigenvalue weighted by Gasteiger charge is -2.32. The van der Waals surface area contributed by atoms with Gasteiger partial charge in [-0.15, -0.1) is 0 Å². The second-order valence-electron chi connectivity index (χ2n) is 8.11. The van der Waals surface area contributed by atoms with Crippen molar-refractivity contribution in [2.24, 2.45) is 13.0 Å². The Morgan fingerprint density at radius 1 is 1.19 bits per heavy atom. The number of carbonyl (C=O) groups is 1. The molecule has 10 heteroatoms. The Balaban J connectivity index is 1.54. The number of rotatable bonds is 8. The molecule has 2 aromatic rings. The zero-order valence-corrected chi connectivity index (χ0v) is 20.2. The van der Waals surface area contributed by atoms with E-state index in [1.165, 1.54) is 10.5 Å². The number of carbonyl (C=O) groups excluding carboxylic acids is 1. The van der Waals surface area contributed by atoms with Gasteiger partial charge in [-0.2, -0.15) is 4.31 Å². The first kappa shape index (κ1) is 24.1. The van der Waals surface area contributed by atoms with Crippen LogP contribution in [0.15, 0.2) is 29.4 Å². The molecule has 1 fully saturated rings. The first-order chi connectivity index (χ1) is 15.2. The van der Waals surface area contributed by atoms with Gasteiger partial charge in [-0.05, 0) is 43.9 Å². The molecule has 0 unspecified atom stereocenters. The van der Waals surface area contributed by atoms with E-state index in [0.29, 0.717) is 56.2 Å². The summed E-state index contributed by atoms with van der Waals surface area (Å²) >= 11 is 0. The number of amides is 1. The zero-order chi connectivity index (χ0) is 23.5. The van der Waals surface area contributed by atoms with Crippen LogP contribution in [0.5, 0.6) is 11.5 Å². The molecule has 9 nitrogen and oxygen atoms in total. The Kier molecular flexibility index (Phi) is 7.45. The maximum atomic E-state index is 12.9. The summed E-state index contributed by atoms with van der Waals surface area (Å²) in [6.45, 7) is 2.97. The maximum Gasteiger partial charge on any atom is 0.262 e. The number of hydrogen-bond donors (Lipinski definition) is 0. The second-order valence-corrected chi connectivity index (χ2v) is 10.00. The molecule has 1 aliphatic rings. The fourth-order valence-corrected chi connectivity index (χ4v) is 5.38. The summed E-state index contributed by atoms with van der Waals surface area (Å²) in [5.41, 5.74) is 1.05. The third-order valence-corrected chi connectivity index (χ3v) is 7.82. The van der Waals surface area contributed by atoms with Crippen molar-refractivity contribution in [1.29, 1.82) is 0 Å². The SMILES string of the molecule is COc1ccc(CCN(C)C(=O)C2CCN(S(=O)(=O)c3cn(C)c(C)n3)CC2)cc1OC. The normalized spacial score (nSPS) is 15.5. The number of sulfonamides is 1. The van der Waals surface area contributed by atoms with Crippen molar-refractivity contribution in [3.8, 4) is 11.5 Å². The number of ether oxygens (including phenoxy) is 2. The number of nitrogens with zero attached hydrogens (tertiary/aromatic N) is 4. The second kappa shape index (κ2) is 9.91. The van der Waals surface area contributed by atoms with E-state index in [2.05, 4.69) is 4.98 Å². The van der Waals surface area contributed by atoms with Gasteiger partial charge < -0.3 is 18.9 Å². The van der Waals surface area contributed by atoms with Crippen LogP contribution >= 0.6 is 0 Å². The van der Waals surface area contributed by atoms with E-state index >= 15 is 0 Å². The minimum Gasteiger partial charge on any atom is -0.493 e. The van der Waals surface area contributed by atoms with Crippen LogP contribution in [0.1, 0.15) is 24.2 Å². The Labute approximate surface area is 190 Å². The van der Waals surface area contributed by atoms with Crippen LogP contribution in [0.3, 0.4) is 0 Å². The summed E-state index contributed by atoms with van der Waals surface area (Å²) in [6.07, 6.45) is 3.23. The summed E-state index contributed by atoms with van der Waals surface area (Å²) in [5.74, 6) is 1.85. The number of hydrogen-bond acceptors (Lipinski definition) is 6. The number of methoxy groups -OCH3 is 2. The molecule has 1 amide bonds.